The zero-order valence-electron chi connectivity index (χ0n) is 4.39. The minimum Gasteiger partial charge on any atom is -0.170 e. The largest absolute Gasteiger partial charge is 0.170 e. The highest BCUT2D eigenvalue weighted by Gasteiger charge is 1.83. The van der Waals surface area contributed by atoms with Gasteiger partial charge in [-0.25, -0.2) is 0 Å². The monoisotopic (exact) mass is 141 g/mol. The quantitative estimate of drug-likeness (QED) is 0.393. The van der Waals surface area contributed by atoms with Crippen LogP contribution in [-0.2, 0) is 0 Å². The maximum atomic E-state index is 5.65. The van der Waals surface area contributed by atoms with E-state index in [2.05, 4.69) is 6.07 Å². The number of benzene rings is 1. The Morgan fingerprint density at radius 3 is 2.38 bits per heavy atom. The molecule has 2 heteroatoms. The van der Waals surface area contributed by atoms with Crippen LogP contribution < -0.4 is 5.19 Å². The van der Waals surface area contributed by atoms with Crippen LogP contribution in [0.2, 0.25) is 0 Å². The van der Waals surface area contributed by atoms with Gasteiger partial charge in [0, 0.05) is 0 Å². The Labute approximate surface area is 56.0 Å². The Hall–Kier alpha value is -0.273. The van der Waals surface area contributed by atoms with Crippen LogP contribution in [0.25, 0.3) is 0 Å². The molecule has 0 spiro atoms. The topological polar surface area (TPSA) is 0 Å². The van der Waals surface area contributed by atoms with Crippen molar-refractivity contribution < 1.29 is 0 Å². The van der Waals surface area contributed by atoms with Crippen LogP contribution in [0.1, 0.15) is 0 Å². The molecule has 1 aromatic rings. The molecular weight excluding hydrogens is 136 g/mol. The second-order valence-electron chi connectivity index (χ2n) is 1.54. The van der Waals surface area contributed by atoms with Crippen molar-refractivity contribution in [2.24, 2.45) is 0 Å². The molecule has 0 saturated carbocycles. The van der Waals surface area contributed by atoms with E-state index in [1.165, 1.54) is 5.19 Å². The van der Waals surface area contributed by atoms with Gasteiger partial charge in [0.05, 0.1) is 0 Å². The predicted octanol–water partition coefficient (Wildman–Crippen LogP) is 0.435. The third-order valence-electron chi connectivity index (χ3n) is 0.942. The molecule has 0 saturated heterocycles. The molecule has 0 aromatic heterocycles. The van der Waals surface area contributed by atoms with E-state index < -0.39 is 8.83 Å². The molecular formula is C6H6ClSi. The van der Waals surface area contributed by atoms with Crippen molar-refractivity contribution in [2.75, 3.05) is 0 Å². The third-order valence-corrected chi connectivity index (χ3v) is 2.65. The van der Waals surface area contributed by atoms with Crippen LogP contribution in [0.5, 0.6) is 0 Å². The van der Waals surface area contributed by atoms with E-state index >= 15 is 0 Å². The highest BCUT2D eigenvalue weighted by atomic mass is 35.6. The van der Waals surface area contributed by atoms with Gasteiger partial charge in [0.1, 0.15) is 0 Å². The summed E-state index contributed by atoms with van der Waals surface area (Å²) >= 11 is 5.65. The standard InChI is InChI=1S/C6H6ClSi/c7-8-6-4-2-1-3-5-6/h2-5H,8H2. The lowest BCUT2D eigenvalue weighted by Gasteiger charge is -1.86. The smallest absolute Gasteiger partial charge is 0.155 e. The molecule has 0 unspecified atom stereocenters. The zero-order valence-corrected chi connectivity index (χ0v) is 6.56. The molecule has 1 rings (SSSR count). The van der Waals surface area contributed by atoms with Gasteiger partial charge in [0.15, 0.2) is 8.83 Å². The highest BCUT2D eigenvalue weighted by Crippen LogP contribution is 1.80. The normalized spacial score (nSPS) is 10.6. The summed E-state index contributed by atoms with van der Waals surface area (Å²) in [6, 6.07) is 10.7. The molecule has 0 heterocycles. The van der Waals surface area contributed by atoms with Gasteiger partial charge >= 0.3 is 0 Å². The molecule has 0 bridgehead atoms. The first-order chi connectivity index (χ1) is 3.93. The second kappa shape index (κ2) is 2.90. The summed E-state index contributed by atoms with van der Waals surface area (Å²) in [4.78, 5) is 0. The molecule has 0 aliphatic rings. The lowest BCUT2D eigenvalue weighted by Crippen LogP contribution is -2.05. The van der Waals surface area contributed by atoms with Crippen LogP contribution in [0.3, 0.4) is 0 Å². The van der Waals surface area contributed by atoms with Gasteiger partial charge in [-0.05, 0) is 11.3 Å². The van der Waals surface area contributed by atoms with Gasteiger partial charge in [-0.2, -0.15) is 11.1 Å². The maximum absolute atomic E-state index is 5.65. The Balaban J connectivity index is 2.83. The van der Waals surface area contributed by atoms with Crippen molar-refractivity contribution in [3.05, 3.63) is 30.3 Å². The van der Waals surface area contributed by atoms with Gasteiger partial charge in [-0.3, -0.25) is 0 Å². The maximum Gasteiger partial charge on any atom is 0.155 e. The molecule has 0 atom stereocenters. The van der Waals surface area contributed by atoms with Gasteiger partial charge in [0.25, 0.3) is 0 Å². The first kappa shape index (κ1) is 5.86. The highest BCUT2D eigenvalue weighted by molar-refractivity contribution is 7.01. The molecule has 0 N–H and O–H groups in total. The van der Waals surface area contributed by atoms with Gasteiger partial charge in [-0.15, -0.1) is 0 Å². The van der Waals surface area contributed by atoms with E-state index in [-0.39, 0.29) is 0 Å². The SMILES string of the molecule is Cl[SiH2]c1cc[c]cc1. The number of hydrogen-bond acceptors (Lipinski definition) is 0. The Morgan fingerprint density at radius 1 is 1.38 bits per heavy atom. The first-order valence-corrected chi connectivity index (χ1v) is 5.29. The molecule has 8 heavy (non-hydrogen) atoms. The van der Waals surface area contributed by atoms with Crippen LogP contribution in [-0.4, -0.2) is 8.83 Å². The van der Waals surface area contributed by atoms with E-state index in [4.69, 9.17) is 11.1 Å². The summed E-state index contributed by atoms with van der Waals surface area (Å²) in [6.45, 7) is 0. The van der Waals surface area contributed by atoms with Gasteiger partial charge in [-0.1, -0.05) is 24.3 Å². The van der Waals surface area contributed by atoms with E-state index in [9.17, 15) is 0 Å². The van der Waals surface area contributed by atoms with Crippen LogP contribution in [0.4, 0.5) is 0 Å². The van der Waals surface area contributed by atoms with Crippen molar-refractivity contribution >= 4 is 25.1 Å². The Bertz CT molecular complexity index is 150. The average molecular weight is 142 g/mol. The summed E-state index contributed by atoms with van der Waals surface area (Å²) in [5, 5.41) is 1.28. The number of rotatable bonds is 1. The van der Waals surface area contributed by atoms with Gasteiger partial charge in [0.2, 0.25) is 0 Å². The lowest BCUT2D eigenvalue weighted by atomic mass is 10.4. The van der Waals surface area contributed by atoms with E-state index in [1.54, 1.807) is 0 Å². The van der Waals surface area contributed by atoms with Crippen LogP contribution in [0, 0.1) is 6.07 Å². The molecule has 41 valence electrons. The summed E-state index contributed by atoms with van der Waals surface area (Å²) in [7, 11) is -0.457. The van der Waals surface area contributed by atoms with Crippen molar-refractivity contribution in [3.63, 3.8) is 0 Å². The molecule has 0 amide bonds. The van der Waals surface area contributed by atoms with Crippen molar-refractivity contribution in [2.45, 2.75) is 0 Å². The molecule has 0 aliphatic heterocycles. The number of halogens is 1. The molecule has 1 radical (unpaired) electrons. The predicted molar refractivity (Wildman–Crippen MR) is 39.3 cm³/mol. The number of hydrogen-bond donors (Lipinski definition) is 0. The van der Waals surface area contributed by atoms with Crippen LogP contribution in [0.15, 0.2) is 24.3 Å². The summed E-state index contributed by atoms with van der Waals surface area (Å²) < 4.78 is 0. The first-order valence-electron chi connectivity index (χ1n) is 2.44. The summed E-state index contributed by atoms with van der Waals surface area (Å²) in [6.07, 6.45) is 0. The van der Waals surface area contributed by atoms with Gasteiger partial charge < -0.3 is 0 Å². The summed E-state index contributed by atoms with van der Waals surface area (Å²) in [5.41, 5.74) is 0. The minimum absolute atomic E-state index is 0.457. The molecule has 1 aromatic carbocycles. The fourth-order valence-electron chi connectivity index (χ4n) is 0.510. The molecule has 0 fully saturated rings. The Morgan fingerprint density at radius 2 is 2.00 bits per heavy atom. The fourth-order valence-corrected chi connectivity index (χ4v) is 1.46. The van der Waals surface area contributed by atoms with Crippen molar-refractivity contribution in [1.82, 2.24) is 0 Å². The Kier molecular flexibility index (Phi) is 2.12. The molecule has 0 nitrogen and oxygen atoms in total. The fraction of sp³-hybridized carbons (Fsp3) is 0. The summed E-state index contributed by atoms with van der Waals surface area (Å²) in [5.74, 6) is 0. The second-order valence-corrected chi connectivity index (χ2v) is 3.43. The lowest BCUT2D eigenvalue weighted by molar-refractivity contribution is 1.75. The third kappa shape index (κ3) is 1.35. The zero-order chi connectivity index (χ0) is 5.82. The average Bonchev–Trinajstić information content (AvgIpc) is 1.90. The van der Waals surface area contributed by atoms with E-state index in [0.29, 0.717) is 0 Å². The van der Waals surface area contributed by atoms with E-state index in [0.717, 1.165) is 0 Å². The van der Waals surface area contributed by atoms with Crippen molar-refractivity contribution in [1.29, 1.82) is 0 Å². The van der Waals surface area contributed by atoms with Crippen molar-refractivity contribution in [3.8, 4) is 0 Å². The van der Waals surface area contributed by atoms with Crippen LogP contribution >= 0.6 is 11.1 Å². The molecule has 0 aliphatic carbocycles. The van der Waals surface area contributed by atoms with E-state index in [1.807, 2.05) is 24.3 Å². The minimum atomic E-state index is -0.457.